The molecule has 8 nitrogen and oxygen atoms in total. The fourth-order valence-electron chi connectivity index (χ4n) is 2.31. The fourth-order valence-corrected chi connectivity index (χ4v) is 2.52. The average Bonchev–Trinajstić information content (AvgIpc) is 2.98. The number of amides is 2. The first-order valence-electron chi connectivity index (χ1n) is 7.76. The van der Waals surface area contributed by atoms with Gasteiger partial charge in [-0.2, -0.15) is 0 Å². The van der Waals surface area contributed by atoms with Crippen molar-refractivity contribution in [2.24, 2.45) is 5.73 Å². The van der Waals surface area contributed by atoms with Crippen LogP contribution in [0.15, 0.2) is 30.5 Å². The van der Waals surface area contributed by atoms with E-state index in [1.54, 1.807) is 38.1 Å². The van der Waals surface area contributed by atoms with Crippen LogP contribution in [0.2, 0.25) is 5.02 Å². The van der Waals surface area contributed by atoms with Crippen molar-refractivity contribution >= 4 is 40.5 Å². The van der Waals surface area contributed by atoms with E-state index in [0.717, 1.165) is 0 Å². The Morgan fingerprint density at radius 3 is 2.77 bits per heavy atom. The smallest absolute Gasteiger partial charge is 0.411 e. The number of pyridine rings is 1. The Hall–Kier alpha value is -3.13. The first-order valence-corrected chi connectivity index (χ1v) is 8.14. The first kappa shape index (κ1) is 17.7. The van der Waals surface area contributed by atoms with E-state index >= 15 is 0 Å². The quantitative estimate of drug-likeness (QED) is 0.647. The molecule has 3 rings (SSSR count). The Balaban J connectivity index is 1.95. The van der Waals surface area contributed by atoms with Gasteiger partial charge < -0.3 is 15.5 Å². The molecule has 2 aromatic heterocycles. The minimum Gasteiger partial charge on any atom is -0.447 e. The zero-order chi connectivity index (χ0) is 18.8. The molecule has 26 heavy (non-hydrogen) atoms. The maximum Gasteiger partial charge on any atom is 0.411 e. The van der Waals surface area contributed by atoms with Crippen LogP contribution in [-0.2, 0) is 4.74 Å². The molecule has 0 bridgehead atoms. The Bertz CT molecular complexity index is 999. The van der Waals surface area contributed by atoms with Gasteiger partial charge in [0.1, 0.15) is 5.82 Å². The molecule has 4 N–H and O–H groups in total. The number of benzene rings is 1. The SMILES string of the molecule is CC(C)OC(=O)Nc1ccc(Cl)c(-c2nc3ncc(C(N)=O)cc3[nH]2)c1. The van der Waals surface area contributed by atoms with Crippen LogP contribution < -0.4 is 11.1 Å². The molecular formula is C17H16ClN5O3. The van der Waals surface area contributed by atoms with Crippen LogP contribution in [-0.4, -0.2) is 33.1 Å². The summed E-state index contributed by atoms with van der Waals surface area (Å²) >= 11 is 6.26. The molecule has 0 saturated heterocycles. The Kier molecular flexibility index (Phi) is 4.77. The lowest BCUT2D eigenvalue weighted by Gasteiger charge is -2.10. The second kappa shape index (κ2) is 7.01. The van der Waals surface area contributed by atoms with Crippen molar-refractivity contribution in [1.82, 2.24) is 15.0 Å². The van der Waals surface area contributed by atoms with Gasteiger partial charge in [0.25, 0.3) is 0 Å². The highest BCUT2D eigenvalue weighted by Crippen LogP contribution is 2.30. The number of nitrogens with zero attached hydrogens (tertiary/aromatic N) is 2. The summed E-state index contributed by atoms with van der Waals surface area (Å²) in [6, 6.07) is 6.52. The number of fused-ring (bicyclic) bond motifs is 1. The number of carbonyl (C=O) groups is 2. The number of primary amides is 1. The molecule has 2 amide bonds. The summed E-state index contributed by atoms with van der Waals surface area (Å²) in [7, 11) is 0. The van der Waals surface area contributed by atoms with E-state index in [1.807, 2.05) is 0 Å². The fraction of sp³-hybridized carbons (Fsp3) is 0.176. The summed E-state index contributed by atoms with van der Waals surface area (Å²) < 4.78 is 5.05. The maximum absolute atomic E-state index is 11.8. The second-order valence-corrected chi connectivity index (χ2v) is 6.23. The van der Waals surface area contributed by atoms with Gasteiger partial charge in [-0.1, -0.05) is 11.6 Å². The highest BCUT2D eigenvalue weighted by Gasteiger charge is 2.14. The molecule has 3 aromatic rings. The molecule has 0 radical (unpaired) electrons. The zero-order valence-corrected chi connectivity index (χ0v) is 14.8. The van der Waals surface area contributed by atoms with Crippen LogP contribution >= 0.6 is 11.6 Å². The molecule has 2 heterocycles. The van der Waals surface area contributed by atoms with E-state index in [2.05, 4.69) is 20.3 Å². The monoisotopic (exact) mass is 373 g/mol. The molecule has 0 saturated carbocycles. The molecule has 0 aliphatic carbocycles. The summed E-state index contributed by atoms with van der Waals surface area (Å²) in [6.45, 7) is 3.52. The Morgan fingerprint density at radius 1 is 1.31 bits per heavy atom. The first-order chi connectivity index (χ1) is 12.3. The molecule has 1 aromatic carbocycles. The summed E-state index contributed by atoms with van der Waals surface area (Å²) in [6.07, 6.45) is 0.560. The number of hydrogen-bond acceptors (Lipinski definition) is 5. The number of anilines is 1. The van der Waals surface area contributed by atoms with Crippen LogP contribution in [0, 0.1) is 0 Å². The number of imidazole rings is 1. The van der Waals surface area contributed by atoms with Gasteiger partial charge in [0, 0.05) is 17.4 Å². The minimum atomic E-state index is -0.580. The normalized spacial score (nSPS) is 10.9. The molecule has 0 unspecified atom stereocenters. The maximum atomic E-state index is 11.8. The number of aromatic nitrogens is 3. The third kappa shape index (κ3) is 3.75. The van der Waals surface area contributed by atoms with Gasteiger partial charge in [0.2, 0.25) is 5.91 Å². The lowest BCUT2D eigenvalue weighted by molar-refractivity contribution is 0.1000. The lowest BCUT2D eigenvalue weighted by atomic mass is 10.2. The number of ether oxygens (including phenoxy) is 1. The van der Waals surface area contributed by atoms with Crippen LogP contribution in [0.4, 0.5) is 10.5 Å². The molecule has 0 aliphatic rings. The zero-order valence-electron chi connectivity index (χ0n) is 14.0. The number of nitrogens with two attached hydrogens (primary N) is 1. The molecule has 0 fully saturated rings. The third-order valence-corrected chi connectivity index (χ3v) is 3.76. The van der Waals surface area contributed by atoms with Gasteiger partial charge in [0.05, 0.1) is 22.2 Å². The van der Waals surface area contributed by atoms with Crippen molar-refractivity contribution in [3.8, 4) is 11.4 Å². The van der Waals surface area contributed by atoms with Crippen molar-refractivity contribution in [2.75, 3.05) is 5.32 Å². The van der Waals surface area contributed by atoms with Crippen molar-refractivity contribution < 1.29 is 14.3 Å². The second-order valence-electron chi connectivity index (χ2n) is 5.82. The van der Waals surface area contributed by atoms with E-state index in [0.29, 0.717) is 33.3 Å². The van der Waals surface area contributed by atoms with Gasteiger partial charge in [-0.15, -0.1) is 0 Å². The molecule has 0 spiro atoms. The lowest BCUT2D eigenvalue weighted by Crippen LogP contribution is -2.17. The molecule has 9 heteroatoms. The summed E-state index contributed by atoms with van der Waals surface area (Å²) in [5.74, 6) is -0.136. The standard InChI is InChI=1S/C17H16ClN5O3/c1-8(2)26-17(25)21-10-3-4-12(18)11(6-10)15-22-13-5-9(14(19)24)7-20-16(13)23-15/h3-8H,1-2H3,(H2,19,24)(H,21,25)(H,20,22,23). The van der Waals surface area contributed by atoms with E-state index < -0.39 is 12.0 Å². The van der Waals surface area contributed by atoms with E-state index in [1.165, 1.54) is 6.20 Å². The summed E-state index contributed by atoms with van der Waals surface area (Å²) in [4.78, 5) is 34.6. The van der Waals surface area contributed by atoms with E-state index in [9.17, 15) is 9.59 Å². The number of hydrogen-bond donors (Lipinski definition) is 3. The van der Waals surface area contributed by atoms with Crippen LogP contribution in [0.5, 0.6) is 0 Å². The number of carbonyl (C=O) groups excluding carboxylic acids is 2. The Morgan fingerprint density at radius 2 is 2.08 bits per heavy atom. The Labute approximate surface area is 153 Å². The number of aromatic amines is 1. The van der Waals surface area contributed by atoms with Crippen molar-refractivity contribution in [2.45, 2.75) is 20.0 Å². The van der Waals surface area contributed by atoms with E-state index in [-0.39, 0.29) is 11.7 Å². The molecular weight excluding hydrogens is 358 g/mol. The van der Waals surface area contributed by atoms with Gasteiger partial charge in [-0.3, -0.25) is 10.1 Å². The third-order valence-electron chi connectivity index (χ3n) is 3.43. The number of halogens is 1. The minimum absolute atomic E-state index is 0.234. The molecule has 0 atom stereocenters. The van der Waals surface area contributed by atoms with E-state index in [4.69, 9.17) is 22.1 Å². The molecule has 134 valence electrons. The average molecular weight is 374 g/mol. The predicted molar refractivity (Wildman–Crippen MR) is 98.1 cm³/mol. The van der Waals surface area contributed by atoms with Crippen LogP contribution in [0.1, 0.15) is 24.2 Å². The van der Waals surface area contributed by atoms with Gasteiger partial charge in [0.15, 0.2) is 5.65 Å². The van der Waals surface area contributed by atoms with Crippen LogP contribution in [0.25, 0.3) is 22.6 Å². The van der Waals surface area contributed by atoms with Gasteiger partial charge in [-0.05, 0) is 38.1 Å². The largest absolute Gasteiger partial charge is 0.447 e. The number of rotatable bonds is 4. The molecule has 0 aliphatic heterocycles. The van der Waals surface area contributed by atoms with Crippen molar-refractivity contribution in [3.05, 3.63) is 41.0 Å². The topological polar surface area (TPSA) is 123 Å². The number of nitrogens with one attached hydrogen (secondary N) is 2. The van der Waals surface area contributed by atoms with Gasteiger partial charge in [-0.25, -0.2) is 14.8 Å². The summed E-state index contributed by atoms with van der Waals surface area (Å²) in [5.41, 5.74) is 7.56. The predicted octanol–water partition coefficient (Wildman–Crippen LogP) is 3.33. The highest BCUT2D eigenvalue weighted by molar-refractivity contribution is 6.33. The van der Waals surface area contributed by atoms with Crippen molar-refractivity contribution in [1.29, 1.82) is 0 Å². The summed E-state index contributed by atoms with van der Waals surface area (Å²) in [5, 5.41) is 3.06. The highest BCUT2D eigenvalue weighted by atomic mass is 35.5. The van der Waals surface area contributed by atoms with Crippen LogP contribution in [0.3, 0.4) is 0 Å². The van der Waals surface area contributed by atoms with Crippen molar-refractivity contribution in [3.63, 3.8) is 0 Å². The number of H-pyrrole nitrogens is 1. The van der Waals surface area contributed by atoms with Gasteiger partial charge >= 0.3 is 6.09 Å².